The average Bonchev–Trinajstić information content (AvgIpc) is 3.40. The van der Waals surface area contributed by atoms with Gasteiger partial charge in [-0.25, -0.2) is 0 Å². The Morgan fingerprint density at radius 3 is 2.86 bits per heavy atom. The number of thiophene rings is 1. The first-order valence-corrected chi connectivity index (χ1v) is 11.3. The summed E-state index contributed by atoms with van der Waals surface area (Å²) in [6, 6.07) is 6.01. The third-order valence-corrected chi connectivity index (χ3v) is 6.74. The Balaban J connectivity index is 1.23. The maximum atomic E-state index is 12.2. The lowest BCUT2D eigenvalue weighted by Gasteiger charge is -2.32. The van der Waals surface area contributed by atoms with Crippen molar-refractivity contribution >= 4 is 17.2 Å². The Bertz CT molecular complexity index is 757. The largest absolute Gasteiger partial charge is 0.352 e. The molecule has 0 radical (unpaired) electrons. The van der Waals surface area contributed by atoms with Gasteiger partial charge in [0.1, 0.15) is 0 Å². The molecule has 1 amide bonds. The molecule has 2 aromatic heterocycles. The van der Waals surface area contributed by atoms with Crippen LogP contribution in [0.2, 0.25) is 0 Å². The molecule has 2 saturated heterocycles. The van der Waals surface area contributed by atoms with Gasteiger partial charge < -0.3 is 5.32 Å². The summed E-state index contributed by atoms with van der Waals surface area (Å²) in [4.78, 5) is 22.8. The van der Waals surface area contributed by atoms with Crippen LogP contribution >= 0.6 is 11.3 Å². The fourth-order valence-corrected chi connectivity index (χ4v) is 5.23. The highest BCUT2D eigenvalue weighted by Gasteiger charge is 2.21. The lowest BCUT2D eigenvalue weighted by molar-refractivity contribution is 0.0930. The number of hydrogen-bond donors (Lipinski definition) is 1. The molecule has 28 heavy (non-hydrogen) atoms. The molecule has 6 heteroatoms. The topological polar surface area (TPSA) is 48.5 Å². The molecule has 1 atom stereocenters. The van der Waals surface area contributed by atoms with Crippen LogP contribution in [-0.4, -0.2) is 53.4 Å². The van der Waals surface area contributed by atoms with Crippen molar-refractivity contribution in [3.63, 3.8) is 0 Å². The van der Waals surface area contributed by atoms with Crippen molar-refractivity contribution < 1.29 is 4.79 Å². The van der Waals surface area contributed by atoms with Gasteiger partial charge in [0, 0.05) is 43.4 Å². The molecule has 1 unspecified atom stereocenters. The van der Waals surface area contributed by atoms with E-state index in [0.717, 1.165) is 32.7 Å². The Labute approximate surface area is 171 Å². The van der Waals surface area contributed by atoms with E-state index in [9.17, 15) is 4.79 Å². The van der Waals surface area contributed by atoms with Crippen LogP contribution in [0, 0.1) is 5.92 Å². The quantitative estimate of drug-likeness (QED) is 0.777. The molecule has 2 aromatic rings. The van der Waals surface area contributed by atoms with Crippen LogP contribution < -0.4 is 5.32 Å². The lowest BCUT2D eigenvalue weighted by Crippen LogP contribution is -2.40. The highest BCUT2D eigenvalue weighted by molar-refractivity contribution is 7.10. The van der Waals surface area contributed by atoms with Gasteiger partial charge in [-0.3, -0.25) is 19.6 Å². The number of carbonyl (C=O) groups is 1. The molecule has 0 spiro atoms. The Hall–Kier alpha value is -1.76. The van der Waals surface area contributed by atoms with Crippen LogP contribution in [0.3, 0.4) is 0 Å². The third kappa shape index (κ3) is 5.40. The second-order valence-corrected chi connectivity index (χ2v) is 9.10. The van der Waals surface area contributed by atoms with Crippen LogP contribution in [0.25, 0.3) is 0 Å². The third-order valence-electron chi connectivity index (χ3n) is 5.77. The molecule has 4 rings (SSSR count). The van der Waals surface area contributed by atoms with Gasteiger partial charge in [-0.15, -0.1) is 11.3 Å². The van der Waals surface area contributed by atoms with E-state index in [-0.39, 0.29) is 5.91 Å². The Morgan fingerprint density at radius 2 is 2.04 bits per heavy atom. The molecule has 0 saturated carbocycles. The van der Waals surface area contributed by atoms with Crippen molar-refractivity contribution in [3.8, 4) is 0 Å². The van der Waals surface area contributed by atoms with E-state index in [1.54, 1.807) is 18.5 Å². The summed E-state index contributed by atoms with van der Waals surface area (Å²) in [6.45, 7) is 7.62. The molecule has 0 bridgehead atoms. The summed E-state index contributed by atoms with van der Waals surface area (Å²) >= 11 is 1.90. The van der Waals surface area contributed by atoms with Crippen LogP contribution in [0.1, 0.15) is 46.5 Å². The lowest BCUT2D eigenvalue weighted by atomic mass is 9.98. The summed E-state index contributed by atoms with van der Waals surface area (Å²) in [5, 5.41) is 5.43. The number of piperidine rings is 1. The molecular weight excluding hydrogens is 368 g/mol. The summed E-state index contributed by atoms with van der Waals surface area (Å²) < 4.78 is 0. The minimum atomic E-state index is -0.0185. The van der Waals surface area contributed by atoms with E-state index in [4.69, 9.17) is 0 Å². The van der Waals surface area contributed by atoms with Gasteiger partial charge in [-0.05, 0) is 80.4 Å². The number of amides is 1. The smallest absolute Gasteiger partial charge is 0.252 e. The number of pyridine rings is 1. The minimum Gasteiger partial charge on any atom is -0.352 e. The zero-order valence-electron chi connectivity index (χ0n) is 16.5. The van der Waals surface area contributed by atoms with Crippen LogP contribution in [0.5, 0.6) is 0 Å². The standard InChI is InChI=1S/C22H30N4OS/c27-22(20-6-3-7-23-13-20)24-12-18-5-4-10-26(14-18)16-21-11-19(17-28-21)15-25-8-1-2-9-25/h3,6-7,11,13,17-18H,1-2,4-5,8-10,12,14-16H2,(H,24,27). The van der Waals surface area contributed by atoms with Crippen LogP contribution in [0.4, 0.5) is 0 Å². The number of hydrogen-bond acceptors (Lipinski definition) is 5. The highest BCUT2D eigenvalue weighted by atomic mass is 32.1. The first-order chi connectivity index (χ1) is 13.8. The minimum absolute atomic E-state index is 0.0185. The Morgan fingerprint density at radius 1 is 1.18 bits per heavy atom. The summed E-state index contributed by atoms with van der Waals surface area (Å²) in [5.74, 6) is 0.508. The molecule has 2 aliphatic rings. The summed E-state index contributed by atoms with van der Waals surface area (Å²) in [6.07, 6.45) is 8.41. The zero-order valence-corrected chi connectivity index (χ0v) is 17.3. The van der Waals surface area contributed by atoms with Crippen molar-refractivity contribution in [3.05, 3.63) is 52.0 Å². The van der Waals surface area contributed by atoms with Crippen LogP contribution in [-0.2, 0) is 13.1 Å². The monoisotopic (exact) mass is 398 g/mol. The van der Waals surface area contributed by atoms with Crippen LogP contribution in [0.15, 0.2) is 36.0 Å². The molecule has 0 aliphatic carbocycles. The molecule has 150 valence electrons. The van der Waals surface area contributed by atoms with E-state index in [2.05, 4.69) is 31.5 Å². The second-order valence-electron chi connectivity index (χ2n) is 8.10. The molecule has 5 nitrogen and oxygen atoms in total. The zero-order chi connectivity index (χ0) is 19.2. The number of likely N-dealkylation sites (tertiary alicyclic amines) is 2. The summed E-state index contributed by atoms with van der Waals surface area (Å²) in [7, 11) is 0. The van der Waals surface area contributed by atoms with E-state index in [0.29, 0.717) is 11.5 Å². The number of nitrogens with zero attached hydrogens (tertiary/aromatic N) is 3. The van der Waals surface area contributed by atoms with Gasteiger partial charge in [0.15, 0.2) is 0 Å². The number of nitrogens with one attached hydrogen (secondary N) is 1. The SMILES string of the molecule is O=C(NCC1CCCN(Cc2cc(CN3CCCC3)cs2)C1)c1cccnc1. The number of aromatic nitrogens is 1. The van der Waals surface area contributed by atoms with Gasteiger partial charge in [0.05, 0.1) is 5.56 Å². The molecule has 2 aliphatic heterocycles. The van der Waals surface area contributed by atoms with Crippen molar-refractivity contribution in [2.75, 3.05) is 32.7 Å². The molecule has 2 fully saturated rings. The maximum Gasteiger partial charge on any atom is 0.252 e. The van der Waals surface area contributed by atoms with E-state index < -0.39 is 0 Å². The van der Waals surface area contributed by atoms with E-state index >= 15 is 0 Å². The summed E-state index contributed by atoms with van der Waals surface area (Å²) in [5.41, 5.74) is 2.11. The van der Waals surface area contributed by atoms with Crippen molar-refractivity contribution in [2.24, 2.45) is 5.92 Å². The van der Waals surface area contributed by atoms with Gasteiger partial charge in [0.25, 0.3) is 5.91 Å². The van der Waals surface area contributed by atoms with Crippen molar-refractivity contribution in [1.82, 2.24) is 20.1 Å². The van der Waals surface area contributed by atoms with Gasteiger partial charge in [-0.1, -0.05) is 0 Å². The fraction of sp³-hybridized carbons (Fsp3) is 0.545. The van der Waals surface area contributed by atoms with E-state index in [1.807, 2.05) is 17.4 Å². The number of carbonyl (C=O) groups excluding carboxylic acids is 1. The van der Waals surface area contributed by atoms with E-state index in [1.165, 1.54) is 49.2 Å². The van der Waals surface area contributed by atoms with Gasteiger partial charge in [0.2, 0.25) is 0 Å². The maximum absolute atomic E-state index is 12.2. The molecular formula is C22H30N4OS. The molecule has 1 N–H and O–H groups in total. The first kappa shape index (κ1) is 19.6. The number of rotatable bonds is 7. The first-order valence-electron chi connectivity index (χ1n) is 10.5. The highest BCUT2D eigenvalue weighted by Crippen LogP contribution is 2.23. The molecule has 4 heterocycles. The van der Waals surface area contributed by atoms with Crippen molar-refractivity contribution in [2.45, 2.75) is 38.8 Å². The Kier molecular flexibility index (Phi) is 6.73. The second kappa shape index (κ2) is 9.63. The fourth-order valence-electron chi connectivity index (χ4n) is 4.31. The van der Waals surface area contributed by atoms with Crippen molar-refractivity contribution in [1.29, 1.82) is 0 Å². The molecule has 0 aromatic carbocycles. The van der Waals surface area contributed by atoms with Gasteiger partial charge >= 0.3 is 0 Å². The predicted octanol–water partition coefficient (Wildman–Crippen LogP) is 3.38. The predicted molar refractivity (Wildman–Crippen MR) is 113 cm³/mol. The normalized spacial score (nSPS) is 21.1. The van der Waals surface area contributed by atoms with Gasteiger partial charge in [-0.2, -0.15) is 0 Å². The average molecular weight is 399 g/mol.